The first-order valence-electron chi connectivity index (χ1n) is 6.57. The van der Waals surface area contributed by atoms with Crippen molar-refractivity contribution in [2.45, 2.75) is 39.0 Å². The van der Waals surface area contributed by atoms with Gasteiger partial charge in [0.05, 0.1) is 8.29 Å². The van der Waals surface area contributed by atoms with E-state index in [0.717, 1.165) is 10.9 Å². The molecule has 0 radical (unpaired) electrons. The van der Waals surface area contributed by atoms with E-state index in [1.165, 1.54) is 35.0 Å². The van der Waals surface area contributed by atoms with E-state index in [9.17, 15) is 0 Å². The van der Waals surface area contributed by atoms with Crippen LogP contribution in [0.25, 0.3) is 0 Å². The van der Waals surface area contributed by atoms with Crippen LogP contribution in [0.2, 0.25) is 0 Å². The Balaban J connectivity index is 2.77. The third kappa shape index (κ3) is 4.37. The molecule has 0 aliphatic carbocycles. The monoisotopic (exact) mass is 366 g/mol. The van der Waals surface area contributed by atoms with Gasteiger partial charge >= 0.3 is 8.80 Å². The van der Waals surface area contributed by atoms with Crippen LogP contribution in [0.1, 0.15) is 38.2 Å². The van der Waals surface area contributed by atoms with Crippen molar-refractivity contribution in [3.63, 3.8) is 0 Å². The van der Waals surface area contributed by atoms with Gasteiger partial charge in [-0.25, -0.2) is 0 Å². The molecule has 0 amide bonds. The molecular formula is C13H23BrO3SSi. The lowest BCUT2D eigenvalue weighted by Gasteiger charge is -2.22. The summed E-state index contributed by atoms with van der Waals surface area (Å²) in [7, 11) is 2.27. The van der Waals surface area contributed by atoms with E-state index < -0.39 is 8.80 Å². The second-order valence-corrected chi connectivity index (χ2v) is 10.00. The van der Waals surface area contributed by atoms with E-state index >= 15 is 0 Å². The van der Waals surface area contributed by atoms with Gasteiger partial charge in [-0.3, -0.25) is 0 Å². The van der Waals surface area contributed by atoms with Crippen LogP contribution in [0.4, 0.5) is 0 Å². The first-order valence-corrected chi connectivity index (χ1v) is 9.91. The van der Waals surface area contributed by atoms with Crippen LogP contribution in [0, 0.1) is 0 Å². The Morgan fingerprint density at radius 2 is 1.74 bits per heavy atom. The Bertz CT molecular complexity index is 372. The summed E-state index contributed by atoms with van der Waals surface area (Å²) in [5, 5.41) is 0. The number of halogens is 1. The maximum Gasteiger partial charge on any atom is 0.546 e. The number of hydrogen-bond acceptors (Lipinski definition) is 4. The van der Waals surface area contributed by atoms with Crippen LogP contribution < -0.4 is 4.50 Å². The molecular weight excluding hydrogens is 344 g/mol. The Morgan fingerprint density at radius 3 is 2.26 bits per heavy atom. The van der Waals surface area contributed by atoms with Gasteiger partial charge in [0.2, 0.25) is 0 Å². The van der Waals surface area contributed by atoms with Gasteiger partial charge in [0.1, 0.15) is 0 Å². The van der Waals surface area contributed by atoms with Crippen LogP contribution in [-0.4, -0.2) is 30.1 Å². The first kappa shape index (κ1) is 17.3. The van der Waals surface area contributed by atoms with Crippen molar-refractivity contribution in [1.29, 1.82) is 0 Å². The summed E-state index contributed by atoms with van der Waals surface area (Å²) in [6, 6.07) is 2.17. The summed E-state index contributed by atoms with van der Waals surface area (Å²) in [5.74, 6) is 0. The van der Waals surface area contributed by atoms with E-state index in [4.69, 9.17) is 13.3 Å². The van der Waals surface area contributed by atoms with Gasteiger partial charge in [0.25, 0.3) is 0 Å². The van der Waals surface area contributed by atoms with Gasteiger partial charge in [0, 0.05) is 21.3 Å². The minimum atomic E-state index is -2.67. The topological polar surface area (TPSA) is 27.7 Å². The summed E-state index contributed by atoms with van der Waals surface area (Å²) < 4.78 is 18.8. The minimum absolute atomic E-state index is 1.07. The Morgan fingerprint density at radius 1 is 1.11 bits per heavy atom. The van der Waals surface area contributed by atoms with Gasteiger partial charge in [-0.05, 0) is 40.4 Å². The highest BCUT2D eigenvalue weighted by molar-refractivity contribution is 9.11. The number of aryl methyl sites for hydroxylation is 1. The molecule has 1 aromatic heterocycles. The third-order valence-electron chi connectivity index (χ3n) is 3.16. The summed E-state index contributed by atoms with van der Waals surface area (Å²) in [6.07, 6.45) is 6.18. The van der Waals surface area contributed by atoms with Crippen molar-refractivity contribution < 1.29 is 13.3 Å². The molecule has 1 heterocycles. The van der Waals surface area contributed by atoms with Gasteiger partial charge in [0.15, 0.2) is 0 Å². The molecule has 1 aromatic rings. The van der Waals surface area contributed by atoms with Gasteiger partial charge in [-0.15, -0.1) is 11.3 Å². The van der Waals surface area contributed by atoms with E-state index in [2.05, 4.69) is 28.9 Å². The number of thiophene rings is 1. The van der Waals surface area contributed by atoms with E-state index in [1.54, 1.807) is 32.7 Å². The Hall–Kier alpha value is 0.277. The van der Waals surface area contributed by atoms with Gasteiger partial charge < -0.3 is 13.3 Å². The maximum atomic E-state index is 5.52. The van der Waals surface area contributed by atoms with E-state index in [1.807, 2.05) is 0 Å². The zero-order valence-corrected chi connectivity index (χ0v) is 15.5. The SMILES string of the molecule is CCCCCCc1cc([Si](OC)(OC)OC)sc1Br. The highest BCUT2D eigenvalue weighted by Gasteiger charge is 2.43. The molecule has 0 unspecified atom stereocenters. The molecule has 0 aliphatic heterocycles. The van der Waals surface area contributed by atoms with Crippen LogP contribution in [0.5, 0.6) is 0 Å². The summed E-state index contributed by atoms with van der Waals surface area (Å²) >= 11 is 5.30. The summed E-state index contributed by atoms with van der Waals surface area (Å²) in [6.45, 7) is 2.23. The molecule has 1 rings (SSSR count). The smallest absolute Gasteiger partial charge is 0.373 e. The average Bonchev–Trinajstić information content (AvgIpc) is 2.80. The molecule has 0 saturated heterocycles. The molecule has 6 heteroatoms. The second kappa shape index (κ2) is 8.54. The van der Waals surface area contributed by atoms with E-state index in [0.29, 0.717) is 0 Å². The lowest BCUT2D eigenvalue weighted by molar-refractivity contribution is 0.141. The van der Waals surface area contributed by atoms with Crippen molar-refractivity contribution in [3.8, 4) is 0 Å². The lowest BCUT2D eigenvalue weighted by Crippen LogP contribution is -2.53. The molecule has 0 fully saturated rings. The fraction of sp³-hybridized carbons (Fsp3) is 0.692. The molecule has 19 heavy (non-hydrogen) atoms. The van der Waals surface area contributed by atoms with E-state index in [-0.39, 0.29) is 0 Å². The molecule has 0 aliphatic rings. The standard InChI is InChI=1S/C13H23BrO3SSi/c1-5-6-7-8-9-11-10-12(18-13(11)14)19(15-2,16-3)17-4/h10H,5-9H2,1-4H3. The molecule has 0 bridgehead atoms. The predicted molar refractivity (Wildman–Crippen MR) is 86.3 cm³/mol. The number of hydrogen-bond donors (Lipinski definition) is 0. The zero-order valence-electron chi connectivity index (χ0n) is 12.1. The molecule has 0 saturated carbocycles. The fourth-order valence-corrected chi connectivity index (χ4v) is 7.00. The first-order chi connectivity index (χ1) is 9.13. The maximum absolute atomic E-state index is 5.52. The summed E-state index contributed by atoms with van der Waals surface area (Å²) in [5.41, 5.74) is 1.33. The quantitative estimate of drug-likeness (QED) is 0.492. The molecule has 0 N–H and O–H groups in total. The highest BCUT2D eigenvalue weighted by Crippen LogP contribution is 2.27. The predicted octanol–water partition coefficient (Wildman–Crippen LogP) is 3.72. The molecule has 0 aromatic carbocycles. The third-order valence-corrected chi connectivity index (χ3v) is 8.36. The number of unbranched alkanes of at least 4 members (excludes halogenated alkanes) is 3. The Labute approximate surface area is 129 Å². The van der Waals surface area contributed by atoms with Crippen LogP contribution >= 0.6 is 27.3 Å². The Kier molecular flexibility index (Phi) is 7.79. The van der Waals surface area contributed by atoms with Gasteiger partial charge in [-0.1, -0.05) is 26.2 Å². The van der Waals surface area contributed by atoms with Gasteiger partial charge in [-0.2, -0.15) is 0 Å². The zero-order chi connectivity index (χ0) is 14.3. The minimum Gasteiger partial charge on any atom is -0.373 e. The van der Waals surface area contributed by atoms with Crippen molar-refractivity contribution in [1.82, 2.24) is 0 Å². The molecule has 3 nitrogen and oxygen atoms in total. The van der Waals surface area contributed by atoms with Crippen molar-refractivity contribution in [3.05, 3.63) is 15.4 Å². The fourth-order valence-electron chi connectivity index (χ4n) is 2.02. The van der Waals surface area contributed by atoms with Crippen LogP contribution in [-0.2, 0) is 19.7 Å². The van der Waals surface area contributed by atoms with Crippen LogP contribution in [0.3, 0.4) is 0 Å². The molecule has 0 spiro atoms. The largest absolute Gasteiger partial charge is 0.546 e. The average molecular weight is 367 g/mol. The molecule has 110 valence electrons. The van der Waals surface area contributed by atoms with Crippen molar-refractivity contribution in [2.24, 2.45) is 0 Å². The van der Waals surface area contributed by atoms with Crippen molar-refractivity contribution in [2.75, 3.05) is 21.3 Å². The van der Waals surface area contributed by atoms with Crippen LogP contribution in [0.15, 0.2) is 9.85 Å². The summed E-state index contributed by atoms with van der Waals surface area (Å²) in [4.78, 5) is 0. The highest BCUT2D eigenvalue weighted by atomic mass is 79.9. The second-order valence-electron chi connectivity index (χ2n) is 4.39. The van der Waals surface area contributed by atoms with Crippen molar-refractivity contribution >= 4 is 40.6 Å². The number of rotatable bonds is 9. The molecule has 0 atom stereocenters. The normalized spacial score (nSPS) is 12.1. The lowest BCUT2D eigenvalue weighted by atomic mass is 10.1.